The van der Waals surface area contributed by atoms with Gasteiger partial charge in [-0.3, -0.25) is 4.18 Å². The normalized spacial score (nSPS) is 12.4. The Kier molecular flexibility index (Phi) is 4.58. The van der Waals surface area contributed by atoms with Gasteiger partial charge in [0.15, 0.2) is 0 Å². The van der Waals surface area contributed by atoms with Crippen LogP contribution in [-0.2, 0) is 14.3 Å². The van der Waals surface area contributed by atoms with Crippen molar-refractivity contribution in [1.82, 2.24) is 0 Å². The lowest BCUT2D eigenvalue weighted by Gasteiger charge is -2.05. The number of rotatable bonds is 5. The number of nitrogens with two attached hydrogens (primary N) is 2. The van der Waals surface area contributed by atoms with Gasteiger partial charge in [-0.1, -0.05) is 0 Å². The van der Waals surface area contributed by atoms with Crippen molar-refractivity contribution in [2.45, 2.75) is 19.5 Å². The standard InChI is InChI=1S/C5H14N2O3S/c1-2-10-11(8,9)4-3-5(6)7/h5H,2-4,6-7H2,1H3. The van der Waals surface area contributed by atoms with Gasteiger partial charge in [0.2, 0.25) is 0 Å². The van der Waals surface area contributed by atoms with E-state index in [4.69, 9.17) is 11.5 Å². The first-order valence-corrected chi connectivity index (χ1v) is 4.94. The van der Waals surface area contributed by atoms with Gasteiger partial charge in [-0.15, -0.1) is 0 Å². The van der Waals surface area contributed by atoms with Gasteiger partial charge in [0.05, 0.1) is 18.5 Å². The molecule has 0 spiro atoms. The highest BCUT2D eigenvalue weighted by Gasteiger charge is 2.10. The fourth-order valence-electron chi connectivity index (χ4n) is 0.519. The van der Waals surface area contributed by atoms with Crippen molar-refractivity contribution in [3.8, 4) is 0 Å². The van der Waals surface area contributed by atoms with Crippen LogP contribution in [0, 0.1) is 0 Å². The first kappa shape index (κ1) is 10.8. The Morgan fingerprint density at radius 3 is 2.36 bits per heavy atom. The highest BCUT2D eigenvalue weighted by molar-refractivity contribution is 7.86. The molecule has 0 aliphatic rings. The molecule has 0 aromatic rings. The van der Waals surface area contributed by atoms with Crippen LogP contribution in [0.4, 0.5) is 0 Å². The molecule has 0 heterocycles. The van der Waals surface area contributed by atoms with Crippen molar-refractivity contribution in [1.29, 1.82) is 0 Å². The molecular weight excluding hydrogens is 168 g/mol. The molecule has 0 saturated carbocycles. The summed E-state index contributed by atoms with van der Waals surface area (Å²) in [4.78, 5) is 0. The summed E-state index contributed by atoms with van der Waals surface area (Å²) >= 11 is 0. The maximum atomic E-state index is 10.8. The fraction of sp³-hybridized carbons (Fsp3) is 1.00. The van der Waals surface area contributed by atoms with Crippen molar-refractivity contribution < 1.29 is 12.6 Å². The third-order valence-electron chi connectivity index (χ3n) is 0.999. The molecule has 68 valence electrons. The Labute approximate surface area is 66.8 Å². The highest BCUT2D eigenvalue weighted by Crippen LogP contribution is 1.95. The van der Waals surface area contributed by atoms with Gasteiger partial charge in [0.1, 0.15) is 0 Å². The first-order valence-electron chi connectivity index (χ1n) is 3.36. The predicted octanol–water partition coefficient (Wildman–Crippen LogP) is -1.01. The zero-order valence-corrected chi connectivity index (χ0v) is 7.30. The molecule has 0 saturated heterocycles. The fourth-order valence-corrected chi connectivity index (χ4v) is 1.56. The molecule has 0 atom stereocenters. The second kappa shape index (κ2) is 4.66. The van der Waals surface area contributed by atoms with E-state index in [-0.39, 0.29) is 18.8 Å². The minimum Gasteiger partial charge on any atom is -0.316 e. The van der Waals surface area contributed by atoms with Crippen LogP contribution in [0.15, 0.2) is 0 Å². The molecule has 0 radical (unpaired) electrons. The minimum atomic E-state index is -3.39. The SMILES string of the molecule is CCOS(=O)(=O)CCC(N)N. The van der Waals surface area contributed by atoms with Crippen LogP contribution in [0.5, 0.6) is 0 Å². The summed E-state index contributed by atoms with van der Waals surface area (Å²) in [6.07, 6.45) is -0.368. The summed E-state index contributed by atoms with van der Waals surface area (Å²) in [7, 11) is -3.39. The molecule has 0 aromatic carbocycles. The second-order valence-electron chi connectivity index (χ2n) is 2.12. The van der Waals surface area contributed by atoms with Crippen molar-refractivity contribution in [3.05, 3.63) is 0 Å². The van der Waals surface area contributed by atoms with Crippen LogP contribution in [0.2, 0.25) is 0 Å². The lowest BCUT2D eigenvalue weighted by molar-refractivity contribution is 0.336. The Bertz CT molecular complexity index is 188. The van der Waals surface area contributed by atoms with E-state index in [1.54, 1.807) is 6.92 Å². The Morgan fingerprint density at radius 2 is 2.00 bits per heavy atom. The molecule has 0 rings (SSSR count). The molecule has 0 unspecified atom stereocenters. The van der Waals surface area contributed by atoms with Gasteiger partial charge in [-0.2, -0.15) is 8.42 Å². The first-order chi connectivity index (χ1) is 4.98. The topological polar surface area (TPSA) is 95.4 Å². The lowest BCUT2D eigenvalue weighted by Crippen LogP contribution is -2.32. The van der Waals surface area contributed by atoms with Crippen LogP contribution >= 0.6 is 0 Å². The molecule has 4 N–H and O–H groups in total. The van der Waals surface area contributed by atoms with Crippen molar-refractivity contribution in [2.75, 3.05) is 12.4 Å². The van der Waals surface area contributed by atoms with Crippen molar-refractivity contribution >= 4 is 10.1 Å². The summed E-state index contributed by atoms with van der Waals surface area (Å²) in [5.41, 5.74) is 10.3. The van der Waals surface area contributed by atoms with E-state index >= 15 is 0 Å². The summed E-state index contributed by atoms with van der Waals surface area (Å²) in [6.45, 7) is 1.77. The van der Waals surface area contributed by atoms with Gasteiger partial charge in [-0.25, -0.2) is 0 Å². The molecule has 11 heavy (non-hydrogen) atoms. The molecule has 0 aliphatic heterocycles. The zero-order chi connectivity index (χ0) is 8.91. The Balaban J connectivity index is 3.74. The van der Waals surface area contributed by atoms with Gasteiger partial charge in [0, 0.05) is 0 Å². The van der Waals surface area contributed by atoms with Gasteiger partial charge < -0.3 is 11.5 Å². The van der Waals surface area contributed by atoms with E-state index < -0.39 is 16.3 Å². The molecule has 0 fully saturated rings. The molecule has 6 heteroatoms. The predicted molar refractivity (Wildman–Crippen MR) is 42.2 cm³/mol. The molecule has 5 nitrogen and oxygen atoms in total. The largest absolute Gasteiger partial charge is 0.316 e. The molecule has 0 amide bonds. The maximum absolute atomic E-state index is 10.8. The van der Waals surface area contributed by atoms with Gasteiger partial charge in [-0.05, 0) is 13.3 Å². The van der Waals surface area contributed by atoms with Crippen molar-refractivity contribution in [2.24, 2.45) is 11.5 Å². The second-order valence-corrected chi connectivity index (χ2v) is 3.88. The molecule has 0 aromatic heterocycles. The van der Waals surface area contributed by atoms with E-state index in [0.29, 0.717) is 0 Å². The van der Waals surface area contributed by atoms with Gasteiger partial charge in [0.25, 0.3) is 10.1 Å². The summed E-state index contributed by atoms with van der Waals surface area (Å²) < 4.78 is 26.0. The number of hydrogen-bond donors (Lipinski definition) is 2. The maximum Gasteiger partial charge on any atom is 0.267 e. The highest BCUT2D eigenvalue weighted by atomic mass is 32.2. The van der Waals surface area contributed by atoms with E-state index in [0.717, 1.165) is 0 Å². The summed E-state index contributed by atoms with van der Waals surface area (Å²) in [5, 5.41) is 0. The monoisotopic (exact) mass is 182 g/mol. The summed E-state index contributed by atoms with van der Waals surface area (Å²) in [5.74, 6) is -0.113. The van der Waals surface area contributed by atoms with Crippen LogP contribution in [-0.4, -0.2) is 26.9 Å². The van der Waals surface area contributed by atoms with Crippen LogP contribution < -0.4 is 11.5 Å². The average molecular weight is 182 g/mol. The lowest BCUT2D eigenvalue weighted by atomic mass is 10.4. The smallest absolute Gasteiger partial charge is 0.267 e. The summed E-state index contributed by atoms with van der Waals surface area (Å²) in [6, 6.07) is 0. The van der Waals surface area contributed by atoms with Crippen molar-refractivity contribution in [3.63, 3.8) is 0 Å². The molecule has 0 bridgehead atoms. The molecule has 0 aliphatic carbocycles. The third kappa shape index (κ3) is 6.24. The van der Waals surface area contributed by atoms with Crippen LogP contribution in [0.25, 0.3) is 0 Å². The quantitative estimate of drug-likeness (QED) is 0.419. The zero-order valence-electron chi connectivity index (χ0n) is 6.49. The average Bonchev–Trinajstić information content (AvgIpc) is 1.84. The van der Waals surface area contributed by atoms with E-state index in [2.05, 4.69) is 4.18 Å². The molecular formula is C5H14N2O3S. The Hall–Kier alpha value is -0.170. The van der Waals surface area contributed by atoms with E-state index in [9.17, 15) is 8.42 Å². The third-order valence-corrected chi connectivity index (χ3v) is 2.33. The van der Waals surface area contributed by atoms with Gasteiger partial charge >= 0.3 is 0 Å². The van der Waals surface area contributed by atoms with E-state index in [1.807, 2.05) is 0 Å². The minimum absolute atomic E-state index is 0.113. The number of hydrogen-bond acceptors (Lipinski definition) is 5. The Morgan fingerprint density at radius 1 is 1.45 bits per heavy atom. The van der Waals surface area contributed by atoms with Crippen LogP contribution in [0.1, 0.15) is 13.3 Å². The van der Waals surface area contributed by atoms with Crippen LogP contribution in [0.3, 0.4) is 0 Å². The van der Waals surface area contributed by atoms with E-state index in [1.165, 1.54) is 0 Å².